The molecule has 0 aliphatic rings. The summed E-state index contributed by atoms with van der Waals surface area (Å²) in [5.74, 6) is 1.76. The van der Waals surface area contributed by atoms with Gasteiger partial charge in [-0.25, -0.2) is 4.98 Å². The van der Waals surface area contributed by atoms with Crippen LogP contribution in [-0.2, 0) is 0 Å². The maximum Gasteiger partial charge on any atom is 0.145 e. The van der Waals surface area contributed by atoms with Crippen molar-refractivity contribution in [1.29, 1.82) is 0 Å². The van der Waals surface area contributed by atoms with E-state index in [1.54, 1.807) is 24.0 Å². The number of nitrogens with one attached hydrogen (secondary N) is 1. The minimum atomic E-state index is 0.397. The summed E-state index contributed by atoms with van der Waals surface area (Å²) in [6.07, 6.45) is 4.74. The molecule has 5 heteroatoms. The first-order chi connectivity index (χ1) is 7.17. The molecule has 1 heterocycles. The Bertz CT molecular complexity index is 320. The first-order valence-electron chi connectivity index (χ1n) is 4.83. The third kappa shape index (κ3) is 3.80. The normalized spacial score (nSPS) is 12.5. The Kier molecular flexibility index (Phi) is 5.05. The number of anilines is 2. The summed E-state index contributed by atoms with van der Waals surface area (Å²) < 4.78 is 0. The fourth-order valence-electron chi connectivity index (χ4n) is 1.22. The Morgan fingerprint density at radius 1 is 1.67 bits per heavy atom. The molecule has 1 unspecified atom stereocenters. The SMILES string of the molecule is CCC(CSC)Nc1ncc(N)cc1Cl. The third-order valence-electron chi connectivity index (χ3n) is 2.06. The Hall–Kier alpha value is -0.610. The molecule has 1 aromatic heterocycles. The van der Waals surface area contributed by atoms with Gasteiger partial charge in [-0.15, -0.1) is 0 Å². The Morgan fingerprint density at radius 2 is 2.40 bits per heavy atom. The average Bonchev–Trinajstić information content (AvgIpc) is 2.21. The molecule has 1 aromatic rings. The van der Waals surface area contributed by atoms with Crippen molar-refractivity contribution in [2.75, 3.05) is 23.1 Å². The number of hydrogen-bond donors (Lipinski definition) is 2. The highest BCUT2D eigenvalue weighted by Crippen LogP contribution is 2.22. The number of nitrogens with zero attached hydrogens (tertiary/aromatic N) is 1. The summed E-state index contributed by atoms with van der Waals surface area (Å²) in [4.78, 5) is 4.17. The smallest absolute Gasteiger partial charge is 0.145 e. The van der Waals surface area contributed by atoms with Gasteiger partial charge in [0.25, 0.3) is 0 Å². The van der Waals surface area contributed by atoms with Crippen molar-refractivity contribution in [3.63, 3.8) is 0 Å². The molecule has 0 bridgehead atoms. The number of halogens is 1. The molecule has 0 fully saturated rings. The molecule has 0 radical (unpaired) electrons. The molecule has 0 aliphatic heterocycles. The zero-order valence-corrected chi connectivity index (χ0v) is 10.5. The topological polar surface area (TPSA) is 50.9 Å². The van der Waals surface area contributed by atoms with Crippen molar-refractivity contribution in [2.45, 2.75) is 19.4 Å². The molecule has 0 amide bonds. The van der Waals surface area contributed by atoms with Crippen LogP contribution in [0.2, 0.25) is 5.02 Å². The Morgan fingerprint density at radius 3 is 2.93 bits per heavy atom. The summed E-state index contributed by atoms with van der Waals surface area (Å²) in [5, 5.41) is 3.88. The van der Waals surface area contributed by atoms with Crippen LogP contribution in [0.5, 0.6) is 0 Å². The summed E-state index contributed by atoms with van der Waals surface area (Å²) >= 11 is 7.82. The van der Waals surface area contributed by atoms with Crippen LogP contribution in [0.3, 0.4) is 0 Å². The van der Waals surface area contributed by atoms with E-state index in [1.165, 1.54) is 0 Å². The van der Waals surface area contributed by atoms with Crippen molar-refractivity contribution < 1.29 is 0 Å². The van der Waals surface area contributed by atoms with Gasteiger partial charge in [0.1, 0.15) is 5.82 Å². The zero-order chi connectivity index (χ0) is 11.3. The van der Waals surface area contributed by atoms with E-state index in [-0.39, 0.29) is 0 Å². The maximum absolute atomic E-state index is 6.02. The highest BCUT2D eigenvalue weighted by atomic mass is 35.5. The summed E-state index contributed by atoms with van der Waals surface area (Å²) in [5.41, 5.74) is 6.16. The molecule has 0 saturated heterocycles. The molecular formula is C10H16ClN3S. The van der Waals surface area contributed by atoms with Gasteiger partial charge in [-0.1, -0.05) is 18.5 Å². The molecule has 0 spiro atoms. The zero-order valence-electron chi connectivity index (χ0n) is 8.96. The monoisotopic (exact) mass is 245 g/mol. The molecule has 15 heavy (non-hydrogen) atoms. The van der Waals surface area contributed by atoms with Crippen molar-refractivity contribution in [1.82, 2.24) is 4.98 Å². The molecule has 1 rings (SSSR count). The Labute approximate surface area is 99.8 Å². The standard InChI is InChI=1S/C10H16ClN3S/c1-3-8(6-15-2)14-10-9(11)4-7(12)5-13-10/h4-5,8H,3,6,12H2,1-2H3,(H,13,14). The number of aromatic nitrogens is 1. The number of nitrogens with two attached hydrogens (primary N) is 1. The molecule has 0 aliphatic carbocycles. The van der Waals surface area contributed by atoms with Crippen LogP contribution in [0.1, 0.15) is 13.3 Å². The predicted molar refractivity (Wildman–Crippen MR) is 69.7 cm³/mol. The number of pyridine rings is 1. The third-order valence-corrected chi connectivity index (χ3v) is 3.09. The molecule has 84 valence electrons. The van der Waals surface area contributed by atoms with E-state index in [0.29, 0.717) is 22.6 Å². The van der Waals surface area contributed by atoms with Gasteiger partial charge in [-0.3, -0.25) is 0 Å². The van der Waals surface area contributed by atoms with Crippen LogP contribution in [0, 0.1) is 0 Å². The predicted octanol–water partition coefficient (Wildman–Crippen LogP) is 2.87. The lowest BCUT2D eigenvalue weighted by molar-refractivity contribution is 0.770. The molecule has 3 nitrogen and oxygen atoms in total. The van der Waals surface area contributed by atoms with Gasteiger partial charge in [-0.2, -0.15) is 11.8 Å². The second-order valence-corrected chi connectivity index (χ2v) is 4.62. The Balaban J connectivity index is 2.70. The van der Waals surface area contributed by atoms with Crippen LogP contribution in [-0.4, -0.2) is 23.0 Å². The number of thioether (sulfide) groups is 1. The highest BCUT2D eigenvalue weighted by Gasteiger charge is 2.08. The minimum Gasteiger partial charge on any atom is -0.397 e. The van der Waals surface area contributed by atoms with E-state index >= 15 is 0 Å². The number of nitrogen functional groups attached to an aromatic ring is 1. The van der Waals surface area contributed by atoms with Crippen LogP contribution >= 0.6 is 23.4 Å². The van der Waals surface area contributed by atoms with Gasteiger partial charge in [0.15, 0.2) is 0 Å². The molecule has 1 atom stereocenters. The van der Waals surface area contributed by atoms with E-state index in [4.69, 9.17) is 17.3 Å². The van der Waals surface area contributed by atoms with Gasteiger partial charge in [0, 0.05) is 11.8 Å². The quantitative estimate of drug-likeness (QED) is 0.838. The van der Waals surface area contributed by atoms with Crippen molar-refractivity contribution in [3.05, 3.63) is 17.3 Å². The first kappa shape index (κ1) is 12.5. The molecule has 0 aromatic carbocycles. The fraction of sp³-hybridized carbons (Fsp3) is 0.500. The van der Waals surface area contributed by atoms with Crippen molar-refractivity contribution in [3.8, 4) is 0 Å². The lowest BCUT2D eigenvalue weighted by Gasteiger charge is -2.17. The van der Waals surface area contributed by atoms with Crippen LogP contribution in [0.15, 0.2) is 12.3 Å². The van der Waals surface area contributed by atoms with Crippen molar-refractivity contribution >= 4 is 34.9 Å². The highest BCUT2D eigenvalue weighted by molar-refractivity contribution is 7.98. The second kappa shape index (κ2) is 6.08. The summed E-state index contributed by atoms with van der Waals surface area (Å²) in [6, 6.07) is 2.11. The van der Waals surface area contributed by atoms with Gasteiger partial charge in [0.2, 0.25) is 0 Å². The van der Waals surface area contributed by atoms with E-state index < -0.39 is 0 Å². The average molecular weight is 246 g/mol. The van der Waals surface area contributed by atoms with Gasteiger partial charge in [-0.05, 0) is 18.7 Å². The maximum atomic E-state index is 6.02. The van der Waals surface area contributed by atoms with Gasteiger partial charge < -0.3 is 11.1 Å². The minimum absolute atomic E-state index is 0.397. The first-order valence-corrected chi connectivity index (χ1v) is 6.61. The second-order valence-electron chi connectivity index (χ2n) is 3.30. The van der Waals surface area contributed by atoms with E-state index in [1.807, 2.05) is 0 Å². The van der Waals surface area contributed by atoms with E-state index in [0.717, 1.165) is 12.2 Å². The van der Waals surface area contributed by atoms with Gasteiger partial charge >= 0.3 is 0 Å². The molecule has 0 saturated carbocycles. The van der Waals surface area contributed by atoms with Gasteiger partial charge in [0.05, 0.1) is 16.9 Å². The summed E-state index contributed by atoms with van der Waals surface area (Å²) in [6.45, 7) is 2.14. The lowest BCUT2D eigenvalue weighted by atomic mass is 10.2. The fourth-order valence-corrected chi connectivity index (χ4v) is 2.17. The van der Waals surface area contributed by atoms with Crippen LogP contribution in [0.25, 0.3) is 0 Å². The van der Waals surface area contributed by atoms with E-state index in [2.05, 4.69) is 23.5 Å². The molecule has 3 N–H and O–H groups in total. The molecular weight excluding hydrogens is 230 g/mol. The van der Waals surface area contributed by atoms with Crippen molar-refractivity contribution in [2.24, 2.45) is 0 Å². The number of rotatable bonds is 5. The van der Waals surface area contributed by atoms with Crippen LogP contribution in [0.4, 0.5) is 11.5 Å². The van der Waals surface area contributed by atoms with Crippen LogP contribution < -0.4 is 11.1 Å². The largest absolute Gasteiger partial charge is 0.397 e. The lowest BCUT2D eigenvalue weighted by Crippen LogP contribution is -2.22. The summed E-state index contributed by atoms with van der Waals surface area (Å²) in [7, 11) is 0. The number of hydrogen-bond acceptors (Lipinski definition) is 4. The van der Waals surface area contributed by atoms with E-state index in [9.17, 15) is 0 Å².